The minimum Gasteiger partial charge on any atom is -0.394 e. The normalized spacial score (nSPS) is 14.9. The lowest BCUT2D eigenvalue weighted by atomic mass is 10.0. The Labute approximate surface area is 85.9 Å². The monoisotopic (exact) mass is 202 g/mol. The van der Waals surface area contributed by atoms with Crippen LogP contribution in [-0.4, -0.2) is 30.2 Å². The summed E-state index contributed by atoms with van der Waals surface area (Å²) in [6.45, 7) is 4.32. The van der Waals surface area contributed by atoms with E-state index in [9.17, 15) is 4.79 Å². The lowest BCUT2D eigenvalue weighted by Crippen LogP contribution is -2.42. The molecule has 0 saturated carbocycles. The van der Waals surface area contributed by atoms with Crippen LogP contribution in [0.2, 0.25) is 0 Å². The molecule has 0 aliphatic rings. The fraction of sp³-hybridized carbons (Fsp3) is 0.900. The summed E-state index contributed by atoms with van der Waals surface area (Å²) in [5.74, 6) is -0.143. The zero-order valence-corrected chi connectivity index (χ0v) is 9.12. The number of nitrogens with two attached hydrogens (primary N) is 1. The van der Waals surface area contributed by atoms with Gasteiger partial charge in [0.15, 0.2) is 0 Å². The Morgan fingerprint density at radius 1 is 1.50 bits per heavy atom. The first-order chi connectivity index (χ1) is 6.69. The van der Waals surface area contributed by atoms with Crippen LogP contribution in [0.3, 0.4) is 0 Å². The molecule has 84 valence electrons. The molecule has 14 heavy (non-hydrogen) atoms. The second-order valence-corrected chi connectivity index (χ2v) is 3.52. The number of amides is 1. The predicted molar refractivity (Wildman–Crippen MR) is 56.8 cm³/mol. The third-order valence-corrected chi connectivity index (χ3v) is 2.35. The van der Waals surface area contributed by atoms with Crippen LogP contribution >= 0.6 is 0 Å². The summed E-state index contributed by atoms with van der Waals surface area (Å²) in [6.07, 6.45) is 2.50. The van der Waals surface area contributed by atoms with E-state index < -0.39 is 0 Å². The van der Waals surface area contributed by atoms with Crippen molar-refractivity contribution in [3.63, 3.8) is 0 Å². The van der Waals surface area contributed by atoms with Crippen molar-refractivity contribution in [1.82, 2.24) is 5.32 Å². The Morgan fingerprint density at radius 2 is 2.14 bits per heavy atom. The van der Waals surface area contributed by atoms with Gasteiger partial charge in [-0.3, -0.25) is 4.79 Å². The van der Waals surface area contributed by atoms with Crippen LogP contribution in [0, 0.1) is 5.92 Å². The maximum absolute atomic E-state index is 11.6. The van der Waals surface area contributed by atoms with Crippen molar-refractivity contribution in [3.05, 3.63) is 0 Å². The van der Waals surface area contributed by atoms with Gasteiger partial charge in [0.1, 0.15) is 0 Å². The number of hydrogen-bond donors (Lipinski definition) is 3. The van der Waals surface area contributed by atoms with E-state index in [-0.39, 0.29) is 24.5 Å². The van der Waals surface area contributed by atoms with E-state index in [0.29, 0.717) is 6.54 Å². The molecule has 0 bridgehead atoms. The van der Waals surface area contributed by atoms with Crippen LogP contribution in [-0.2, 0) is 4.79 Å². The second-order valence-electron chi connectivity index (χ2n) is 3.52. The summed E-state index contributed by atoms with van der Waals surface area (Å²) in [5.41, 5.74) is 5.50. The van der Waals surface area contributed by atoms with Crippen LogP contribution in [0.5, 0.6) is 0 Å². The van der Waals surface area contributed by atoms with E-state index in [2.05, 4.69) is 5.32 Å². The second kappa shape index (κ2) is 7.76. The molecule has 0 aromatic heterocycles. The molecule has 2 atom stereocenters. The summed E-state index contributed by atoms with van der Waals surface area (Å²) < 4.78 is 0. The first kappa shape index (κ1) is 13.4. The van der Waals surface area contributed by atoms with Gasteiger partial charge in [0, 0.05) is 6.54 Å². The molecule has 0 radical (unpaired) electrons. The van der Waals surface area contributed by atoms with Gasteiger partial charge < -0.3 is 16.2 Å². The predicted octanol–water partition coefficient (Wildman–Crippen LogP) is 0.249. The quantitative estimate of drug-likeness (QED) is 0.554. The number of carbonyl (C=O) groups is 1. The van der Waals surface area contributed by atoms with Crippen LogP contribution < -0.4 is 11.1 Å². The van der Waals surface area contributed by atoms with E-state index in [4.69, 9.17) is 10.8 Å². The van der Waals surface area contributed by atoms with Crippen LogP contribution in [0.25, 0.3) is 0 Å². The van der Waals surface area contributed by atoms with E-state index in [1.165, 1.54) is 0 Å². The third-order valence-electron chi connectivity index (χ3n) is 2.35. The molecule has 0 aromatic rings. The molecule has 0 fully saturated rings. The lowest BCUT2D eigenvalue weighted by molar-refractivity contribution is -0.126. The number of rotatable bonds is 7. The SMILES string of the molecule is CCCC(CN)C(=O)N[C@@H](CC)CO. The lowest BCUT2D eigenvalue weighted by Gasteiger charge is -2.18. The van der Waals surface area contributed by atoms with Gasteiger partial charge in [0.2, 0.25) is 5.91 Å². The van der Waals surface area contributed by atoms with Crippen molar-refractivity contribution in [2.75, 3.05) is 13.2 Å². The largest absolute Gasteiger partial charge is 0.394 e. The molecule has 0 aliphatic carbocycles. The molecule has 1 amide bonds. The first-order valence-electron chi connectivity index (χ1n) is 5.30. The van der Waals surface area contributed by atoms with E-state index in [1.54, 1.807) is 0 Å². The van der Waals surface area contributed by atoms with Gasteiger partial charge in [0.25, 0.3) is 0 Å². The van der Waals surface area contributed by atoms with Gasteiger partial charge >= 0.3 is 0 Å². The van der Waals surface area contributed by atoms with Crippen molar-refractivity contribution in [2.45, 2.75) is 39.2 Å². The molecule has 0 spiro atoms. The van der Waals surface area contributed by atoms with Gasteiger partial charge in [-0.1, -0.05) is 20.3 Å². The standard InChI is InChI=1S/C10H22N2O2/c1-3-5-8(6-11)10(14)12-9(4-2)7-13/h8-9,13H,3-7,11H2,1-2H3,(H,12,14)/t8?,9-/m0/s1. The zero-order valence-electron chi connectivity index (χ0n) is 9.12. The molecule has 0 aromatic carbocycles. The Hall–Kier alpha value is -0.610. The highest BCUT2D eigenvalue weighted by Crippen LogP contribution is 2.05. The minimum absolute atomic E-state index is 0.00828. The average molecular weight is 202 g/mol. The molecule has 0 aliphatic heterocycles. The van der Waals surface area contributed by atoms with Gasteiger partial charge in [-0.25, -0.2) is 0 Å². The molecule has 4 N–H and O–H groups in total. The Bertz CT molecular complexity index is 158. The molecule has 0 rings (SSSR count). The zero-order chi connectivity index (χ0) is 11.0. The Morgan fingerprint density at radius 3 is 2.50 bits per heavy atom. The Kier molecular flexibility index (Phi) is 7.42. The van der Waals surface area contributed by atoms with Crippen LogP contribution in [0.15, 0.2) is 0 Å². The number of carbonyl (C=O) groups excluding carboxylic acids is 1. The summed E-state index contributed by atoms with van der Waals surface area (Å²) in [6, 6.07) is -0.131. The minimum atomic E-state index is -0.131. The summed E-state index contributed by atoms with van der Waals surface area (Å²) in [7, 11) is 0. The first-order valence-corrected chi connectivity index (χ1v) is 5.30. The molecular weight excluding hydrogens is 180 g/mol. The van der Waals surface area contributed by atoms with Crippen molar-refractivity contribution in [1.29, 1.82) is 0 Å². The fourth-order valence-electron chi connectivity index (χ4n) is 1.30. The van der Waals surface area contributed by atoms with Gasteiger partial charge in [-0.2, -0.15) is 0 Å². The summed E-state index contributed by atoms with van der Waals surface area (Å²) in [4.78, 5) is 11.6. The highest BCUT2D eigenvalue weighted by Gasteiger charge is 2.17. The maximum atomic E-state index is 11.6. The number of hydrogen-bond acceptors (Lipinski definition) is 3. The third kappa shape index (κ3) is 4.58. The Balaban J connectivity index is 4.01. The van der Waals surface area contributed by atoms with Gasteiger partial charge in [0.05, 0.1) is 18.6 Å². The number of nitrogens with one attached hydrogen (secondary N) is 1. The highest BCUT2D eigenvalue weighted by atomic mass is 16.3. The van der Waals surface area contributed by atoms with Crippen LogP contribution in [0.1, 0.15) is 33.1 Å². The average Bonchev–Trinajstić information content (AvgIpc) is 2.22. The van der Waals surface area contributed by atoms with Crippen LogP contribution in [0.4, 0.5) is 0 Å². The highest BCUT2D eigenvalue weighted by molar-refractivity contribution is 5.79. The summed E-state index contributed by atoms with van der Waals surface area (Å²) >= 11 is 0. The van der Waals surface area contributed by atoms with E-state index in [0.717, 1.165) is 19.3 Å². The smallest absolute Gasteiger partial charge is 0.224 e. The maximum Gasteiger partial charge on any atom is 0.224 e. The molecule has 4 heteroatoms. The molecule has 0 heterocycles. The molecule has 4 nitrogen and oxygen atoms in total. The van der Waals surface area contributed by atoms with Gasteiger partial charge in [-0.15, -0.1) is 0 Å². The topological polar surface area (TPSA) is 75.4 Å². The van der Waals surface area contributed by atoms with Crippen molar-refractivity contribution in [2.24, 2.45) is 11.7 Å². The van der Waals surface area contributed by atoms with Crippen molar-refractivity contribution >= 4 is 5.91 Å². The number of aliphatic hydroxyl groups is 1. The number of aliphatic hydroxyl groups excluding tert-OH is 1. The molecule has 1 unspecified atom stereocenters. The van der Waals surface area contributed by atoms with Crippen molar-refractivity contribution < 1.29 is 9.90 Å². The fourth-order valence-corrected chi connectivity index (χ4v) is 1.30. The molecule has 0 saturated heterocycles. The van der Waals surface area contributed by atoms with Gasteiger partial charge in [-0.05, 0) is 12.8 Å². The van der Waals surface area contributed by atoms with E-state index >= 15 is 0 Å². The summed E-state index contributed by atoms with van der Waals surface area (Å²) in [5, 5.41) is 11.7. The molecular formula is C10H22N2O2. The van der Waals surface area contributed by atoms with Crippen molar-refractivity contribution in [3.8, 4) is 0 Å². The van der Waals surface area contributed by atoms with E-state index in [1.807, 2.05) is 13.8 Å².